The number of rotatable bonds is 2. The van der Waals surface area contributed by atoms with Crippen molar-refractivity contribution in [3.8, 4) is 0 Å². The lowest BCUT2D eigenvalue weighted by molar-refractivity contribution is 0.245. The Morgan fingerprint density at radius 2 is 1.85 bits per heavy atom. The number of hydrogen-bond donors (Lipinski definition) is 0. The first kappa shape index (κ1) is 12.1. The van der Waals surface area contributed by atoms with E-state index in [-0.39, 0.29) is 6.04 Å². The van der Waals surface area contributed by atoms with E-state index in [4.69, 9.17) is 4.52 Å². The largest absolute Gasteiger partial charge is 0.338 e. The van der Waals surface area contributed by atoms with Gasteiger partial charge in [0.15, 0.2) is 5.82 Å². The van der Waals surface area contributed by atoms with Crippen LogP contribution >= 0.6 is 0 Å². The summed E-state index contributed by atoms with van der Waals surface area (Å²) in [7, 11) is 3.95. The third-order valence-corrected chi connectivity index (χ3v) is 1.68. The molecule has 0 aromatic carbocycles. The molecule has 4 heteroatoms. The van der Waals surface area contributed by atoms with E-state index in [1.165, 1.54) is 0 Å². The highest BCUT2D eigenvalue weighted by Crippen LogP contribution is 2.13. The average Bonchev–Trinajstić information content (AvgIpc) is 2.54. The average molecular weight is 185 g/mol. The summed E-state index contributed by atoms with van der Waals surface area (Å²) in [5, 5.41) is 3.71. The standard InChI is InChI=1S/C7H13N3O.C2H6/c1-5(10(3)4)7-8-6(2)9-11-7;1-2/h5H,1-4H3;1-2H3. The Hall–Kier alpha value is -0.900. The van der Waals surface area contributed by atoms with Crippen molar-refractivity contribution in [2.24, 2.45) is 0 Å². The van der Waals surface area contributed by atoms with Gasteiger partial charge in [-0.2, -0.15) is 4.98 Å². The second-order valence-corrected chi connectivity index (χ2v) is 2.82. The molecule has 13 heavy (non-hydrogen) atoms. The van der Waals surface area contributed by atoms with E-state index < -0.39 is 0 Å². The molecule has 76 valence electrons. The van der Waals surface area contributed by atoms with Gasteiger partial charge in [-0.1, -0.05) is 19.0 Å². The Morgan fingerprint density at radius 3 is 2.15 bits per heavy atom. The van der Waals surface area contributed by atoms with E-state index in [1.54, 1.807) is 0 Å². The predicted molar refractivity (Wildman–Crippen MR) is 52.5 cm³/mol. The van der Waals surface area contributed by atoms with Crippen LogP contribution in [0.25, 0.3) is 0 Å². The van der Waals surface area contributed by atoms with Crippen LogP contribution in [0.2, 0.25) is 0 Å². The van der Waals surface area contributed by atoms with E-state index in [2.05, 4.69) is 10.1 Å². The van der Waals surface area contributed by atoms with Crippen LogP contribution in [0.1, 0.15) is 38.5 Å². The summed E-state index contributed by atoms with van der Waals surface area (Å²) < 4.78 is 4.98. The van der Waals surface area contributed by atoms with Crippen molar-refractivity contribution >= 4 is 0 Å². The zero-order valence-corrected chi connectivity index (χ0v) is 9.33. The van der Waals surface area contributed by atoms with Crippen LogP contribution in [0.4, 0.5) is 0 Å². The lowest BCUT2D eigenvalue weighted by atomic mass is 10.3. The number of aromatic nitrogens is 2. The third-order valence-electron chi connectivity index (χ3n) is 1.68. The highest BCUT2D eigenvalue weighted by Gasteiger charge is 2.13. The van der Waals surface area contributed by atoms with Gasteiger partial charge in [0.25, 0.3) is 0 Å². The molecule has 1 unspecified atom stereocenters. The van der Waals surface area contributed by atoms with Gasteiger partial charge < -0.3 is 4.52 Å². The van der Waals surface area contributed by atoms with E-state index >= 15 is 0 Å². The van der Waals surface area contributed by atoms with Gasteiger partial charge in [0.2, 0.25) is 5.89 Å². The molecule has 0 saturated heterocycles. The Labute approximate surface area is 79.9 Å². The van der Waals surface area contributed by atoms with Gasteiger partial charge >= 0.3 is 0 Å². The first-order valence-electron chi connectivity index (χ1n) is 4.58. The molecule has 0 spiro atoms. The summed E-state index contributed by atoms with van der Waals surface area (Å²) in [5.41, 5.74) is 0. The zero-order chi connectivity index (χ0) is 10.4. The minimum atomic E-state index is 0.191. The first-order valence-corrected chi connectivity index (χ1v) is 4.58. The maximum atomic E-state index is 4.98. The Morgan fingerprint density at radius 1 is 1.31 bits per heavy atom. The summed E-state index contributed by atoms with van der Waals surface area (Å²) in [4.78, 5) is 6.13. The van der Waals surface area contributed by atoms with Gasteiger partial charge in [-0.3, -0.25) is 4.90 Å². The fraction of sp³-hybridized carbons (Fsp3) is 0.778. The van der Waals surface area contributed by atoms with E-state index in [9.17, 15) is 0 Å². The Bertz CT molecular complexity index is 233. The number of nitrogens with zero attached hydrogens (tertiary/aromatic N) is 3. The fourth-order valence-corrected chi connectivity index (χ4v) is 0.704. The van der Waals surface area contributed by atoms with E-state index in [0.29, 0.717) is 11.7 Å². The molecule has 1 atom stereocenters. The summed E-state index contributed by atoms with van der Waals surface area (Å²) in [6, 6.07) is 0.191. The first-order chi connectivity index (χ1) is 6.11. The smallest absolute Gasteiger partial charge is 0.243 e. The maximum absolute atomic E-state index is 4.98. The topological polar surface area (TPSA) is 42.2 Å². The van der Waals surface area contributed by atoms with Crippen LogP contribution in [0.15, 0.2) is 4.52 Å². The van der Waals surface area contributed by atoms with Gasteiger partial charge in [-0.15, -0.1) is 0 Å². The highest BCUT2D eigenvalue weighted by atomic mass is 16.5. The van der Waals surface area contributed by atoms with Gasteiger partial charge in [-0.25, -0.2) is 0 Å². The normalized spacial score (nSPS) is 12.2. The summed E-state index contributed by atoms with van der Waals surface area (Å²) in [6.45, 7) is 7.84. The molecule has 0 saturated carbocycles. The van der Waals surface area contributed by atoms with Gasteiger partial charge in [0, 0.05) is 0 Å². The van der Waals surface area contributed by atoms with Crippen LogP contribution in [0, 0.1) is 6.92 Å². The Balaban J connectivity index is 0.000000671. The van der Waals surface area contributed by atoms with Crippen LogP contribution < -0.4 is 0 Å². The SMILES string of the molecule is CC.Cc1noc(C(C)N(C)C)n1. The lowest BCUT2D eigenvalue weighted by Gasteiger charge is -2.14. The summed E-state index contributed by atoms with van der Waals surface area (Å²) in [6.07, 6.45) is 0. The lowest BCUT2D eigenvalue weighted by Crippen LogP contribution is -2.16. The minimum Gasteiger partial charge on any atom is -0.338 e. The molecule has 0 aliphatic heterocycles. The quantitative estimate of drug-likeness (QED) is 0.707. The molecule has 0 aliphatic carbocycles. The van der Waals surface area contributed by atoms with Gasteiger partial charge in [0.05, 0.1) is 6.04 Å². The van der Waals surface area contributed by atoms with Crippen molar-refractivity contribution in [1.82, 2.24) is 15.0 Å². The highest BCUT2D eigenvalue weighted by molar-refractivity contribution is 4.88. The molecular weight excluding hydrogens is 166 g/mol. The Kier molecular flexibility index (Phi) is 5.30. The zero-order valence-electron chi connectivity index (χ0n) is 9.33. The molecule has 0 bridgehead atoms. The van der Waals surface area contributed by atoms with Crippen molar-refractivity contribution in [3.63, 3.8) is 0 Å². The van der Waals surface area contributed by atoms with E-state index in [1.807, 2.05) is 46.7 Å². The molecule has 1 rings (SSSR count). The number of hydrogen-bond acceptors (Lipinski definition) is 4. The van der Waals surface area contributed by atoms with Crippen LogP contribution in [-0.2, 0) is 0 Å². The summed E-state index contributed by atoms with van der Waals surface area (Å²) in [5.74, 6) is 1.36. The van der Waals surface area contributed by atoms with Gasteiger partial charge in [-0.05, 0) is 27.9 Å². The molecule has 0 fully saturated rings. The molecule has 4 nitrogen and oxygen atoms in total. The van der Waals surface area contributed by atoms with Gasteiger partial charge in [0.1, 0.15) is 0 Å². The minimum absolute atomic E-state index is 0.191. The third kappa shape index (κ3) is 3.55. The van der Waals surface area contributed by atoms with Crippen LogP contribution in [-0.4, -0.2) is 29.1 Å². The van der Waals surface area contributed by atoms with Crippen molar-refractivity contribution in [1.29, 1.82) is 0 Å². The van der Waals surface area contributed by atoms with Crippen molar-refractivity contribution < 1.29 is 4.52 Å². The maximum Gasteiger partial charge on any atom is 0.243 e. The molecule has 1 heterocycles. The molecule has 0 radical (unpaired) electrons. The second-order valence-electron chi connectivity index (χ2n) is 2.82. The summed E-state index contributed by atoms with van der Waals surface area (Å²) >= 11 is 0. The van der Waals surface area contributed by atoms with Crippen LogP contribution in [0.3, 0.4) is 0 Å². The fourth-order valence-electron chi connectivity index (χ4n) is 0.704. The van der Waals surface area contributed by atoms with E-state index in [0.717, 1.165) is 0 Å². The molecule has 0 amide bonds. The number of aryl methyl sites for hydroxylation is 1. The van der Waals surface area contributed by atoms with Crippen molar-refractivity contribution in [3.05, 3.63) is 11.7 Å². The molecule has 1 aromatic heterocycles. The molecule has 0 N–H and O–H groups in total. The van der Waals surface area contributed by atoms with Crippen molar-refractivity contribution in [2.45, 2.75) is 33.7 Å². The molecule has 1 aromatic rings. The monoisotopic (exact) mass is 185 g/mol. The molecule has 0 aliphatic rings. The second kappa shape index (κ2) is 5.70. The van der Waals surface area contributed by atoms with Crippen LogP contribution in [0.5, 0.6) is 0 Å². The predicted octanol–water partition coefficient (Wildman–Crippen LogP) is 2.03. The van der Waals surface area contributed by atoms with Crippen molar-refractivity contribution in [2.75, 3.05) is 14.1 Å². The molecular formula is C9H19N3O.